The van der Waals surface area contributed by atoms with E-state index in [-0.39, 0.29) is 12.8 Å². The molecule has 1 rings (SSSR count). The van der Waals surface area contributed by atoms with Gasteiger partial charge in [0.15, 0.2) is 0 Å². The molecule has 1 unspecified atom stereocenters. The van der Waals surface area contributed by atoms with E-state index in [1.807, 2.05) is 0 Å². The molecule has 1 aliphatic carbocycles. The Balaban J connectivity index is 3.44. The fourth-order valence-corrected chi connectivity index (χ4v) is 2.40. The Morgan fingerprint density at radius 3 is 1.50 bits per heavy atom. The molecule has 0 aliphatic heterocycles. The number of rotatable bonds is 6. The van der Waals surface area contributed by atoms with Crippen molar-refractivity contribution in [1.82, 2.24) is 0 Å². The molecule has 0 aromatic carbocycles. The van der Waals surface area contributed by atoms with Gasteiger partial charge in [0.2, 0.25) is 5.78 Å². The van der Waals surface area contributed by atoms with Gasteiger partial charge in [-0.2, -0.15) is 57.1 Å². The third-order valence-electron chi connectivity index (χ3n) is 4.11. The van der Waals surface area contributed by atoms with E-state index in [2.05, 4.69) is 0 Å². The molecule has 1 saturated carbocycles. The van der Waals surface area contributed by atoms with Crippen molar-refractivity contribution in [1.29, 1.82) is 0 Å². The number of alkyl halides is 13. The normalized spacial score (nSPS) is 21.0. The molecular weight excluding hydrogens is 435 g/mol. The van der Waals surface area contributed by atoms with E-state index in [1.54, 1.807) is 0 Å². The Kier molecular flexibility index (Phi) is 5.90. The summed E-state index contributed by atoms with van der Waals surface area (Å²) >= 11 is 0. The van der Waals surface area contributed by atoms with Gasteiger partial charge >= 0.3 is 35.8 Å². The molecule has 0 N–H and O–H groups in total. The minimum absolute atomic E-state index is 0.0105. The van der Waals surface area contributed by atoms with E-state index >= 15 is 0 Å². The summed E-state index contributed by atoms with van der Waals surface area (Å²) in [5.41, 5.74) is 0. The van der Waals surface area contributed by atoms with Gasteiger partial charge in [0.25, 0.3) is 0 Å². The second-order valence-electron chi connectivity index (χ2n) is 6.00. The van der Waals surface area contributed by atoms with Crippen molar-refractivity contribution in [2.24, 2.45) is 5.92 Å². The molecule has 1 atom stereocenters. The molecule has 0 radical (unpaired) electrons. The Bertz CT molecular complexity index is 635. The molecule has 0 aromatic rings. The van der Waals surface area contributed by atoms with Gasteiger partial charge in [-0.3, -0.25) is 9.59 Å². The quantitative estimate of drug-likeness (QED) is 0.425. The van der Waals surface area contributed by atoms with Crippen molar-refractivity contribution in [2.45, 2.75) is 61.5 Å². The van der Waals surface area contributed by atoms with Crippen LogP contribution in [0.2, 0.25) is 0 Å². The average Bonchev–Trinajstić information content (AvgIpc) is 2.52. The molecule has 0 amide bonds. The van der Waals surface area contributed by atoms with Gasteiger partial charge in [0, 0.05) is 6.42 Å². The average molecular weight is 444 g/mol. The first-order chi connectivity index (χ1) is 12.2. The molecule has 164 valence electrons. The lowest BCUT2D eigenvalue weighted by molar-refractivity contribution is -0.436. The van der Waals surface area contributed by atoms with E-state index in [9.17, 15) is 66.7 Å². The van der Waals surface area contributed by atoms with Crippen LogP contribution in [-0.4, -0.2) is 47.4 Å². The third kappa shape index (κ3) is 3.23. The molecule has 1 fully saturated rings. The minimum Gasteiger partial charge on any atom is -0.299 e. The molecule has 0 aromatic heterocycles. The number of halogens is 13. The summed E-state index contributed by atoms with van der Waals surface area (Å²) in [6, 6.07) is 0. The molecule has 2 nitrogen and oxygen atoms in total. The van der Waals surface area contributed by atoms with Crippen LogP contribution in [0.25, 0.3) is 0 Å². The summed E-state index contributed by atoms with van der Waals surface area (Å²) in [7, 11) is 0. The highest BCUT2D eigenvalue weighted by molar-refractivity contribution is 6.06. The maximum Gasteiger partial charge on any atom is 0.460 e. The topological polar surface area (TPSA) is 34.1 Å². The predicted molar refractivity (Wildman–Crippen MR) is 62.8 cm³/mol. The summed E-state index contributed by atoms with van der Waals surface area (Å²) in [6.45, 7) is 0. The van der Waals surface area contributed by atoms with Crippen molar-refractivity contribution in [2.75, 3.05) is 0 Å². The highest BCUT2D eigenvalue weighted by Crippen LogP contribution is 2.60. The Labute approximate surface area is 147 Å². The molecule has 0 spiro atoms. The van der Waals surface area contributed by atoms with Gasteiger partial charge in [0.1, 0.15) is 5.78 Å². The summed E-state index contributed by atoms with van der Waals surface area (Å²) in [6.07, 6.45) is -9.16. The highest BCUT2D eigenvalue weighted by atomic mass is 19.4. The van der Waals surface area contributed by atoms with Gasteiger partial charge in [-0.1, -0.05) is 6.42 Å². The van der Waals surface area contributed by atoms with Gasteiger partial charge in [-0.25, -0.2) is 0 Å². The lowest BCUT2D eigenvalue weighted by Gasteiger charge is -2.39. The number of ketones is 2. The van der Waals surface area contributed by atoms with E-state index in [4.69, 9.17) is 0 Å². The van der Waals surface area contributed by atoms with Crippen LogP contribution in [0.15, 0.2) is 0 Å². The first-order valence-electron chi connectivity index (χ1n) is 7.20. The molecule has 0 heterocycles. The number of carbonyl (C=O) groups excluding carboxylic acids is 2. The number of Topliss-reactive ketones (excluding diaryl/α,β-unsaturated/α-hetero) is 2. The molecule has 15 heteroatoms. The van der Waals surface area contributed by atoms with Gasteiger partial charge in [-0.05, 0) is 12.8 Å². The van der Waals surface area contributed by atoms with Crippen molar-refractivity contribution < 1.29 is 66.7 Å². The standard InChI is InChI=1S/C13H9F13O2/c14-8(15,7(28)5-3-1-2-4-6(5)27)9(16,17)10(18,19)11(20,21)12(22,23)13(24,25)26/h5H,1-4H2. The predicted octanol–water partition coefficient (Wildman–Crippen LogP) is 5.05. The van der Waals surface area contributed by atoms with Crippen molar-refractivity contribution >= 4 is 11.6 Å². The van der Waals surface area contributed by atoms with Crippen molar-refractivity contribution in [3.05, 3.63) is 0 Å². The lowest BCUT2D eigenvalue weighted by Crippen LogP contribution is -2.71. The van der Waals surface area contributed by atoms with Crippen LogP contribution in [-0.2, 0) is 9.59 Å². The summed E-state index contributed by atoms with van der Waals surface area (Å²) in [5, 5.41) is 0. The monoisotopic (exact) mass is 444 g/mol. The van der Waals surface area contributed by atoms with E-state index in [0.717, 1.165) is 0 Å². The molecule has 28 heavy (non-hydrogen) atoms. The second kappa shape index (κ2) is 6.75. The zero-order valence-electron chi connectivity index (χ0n) is 13.1. The fourth-order valence-electron chi connectivity index (χ4n) is 2.40. The minimum atomic E-state index is -8.07. The largest absolute Gasteiger partial charge is 0.460 e. The van der Waals surface area contributed by atoms with Crippen LogP contribution in [0.1, 0.15) is 25.7 Å². The lowest BCUT2D eigenvalue weighted by atomic mass is 9.80. The molecular formula is C13H9F13O2. The van der Waals surface area contributed by atoms with E-state index in [0.29, 0.717) is 0 Å². The van der Waals surface area contributed by atoms with Crippen LogP contribution in [0.5, 0.6) is 0 Å². The van der Waals surface area contributed by atoms with Gasteiger partial charge in [-0.15, -0.1) is 0 Å². The van der Waals surface area contributed by atoms with Crippen LogP contribution in [0, 0.1) is 5.92 Å². The van der Waals surface area contributed by atoms with Gasteiger partial charge < -0.3 is 0 Å². The molecule has 1 aliphatic rings. The van der Waals surface area contributed by atoms with E-state index < -0.39 is 66.1 Å². The van der Waals surface area contributed by atoms with E-state index in [1.165, 1.54) is 0 Å². The van der Waals surface area contributed by atoms with Gasteiger partial charge in [0.05, 0.1) is 5.92 Å². The van der Waals surface area contributed by atoms with Crippen molar-refractivity contribution in [3.8, 4) is 0 Å². The SMILES string of the molecule is O=C1CCCCC1C(=O)C(F)(F)C(F)(F)C(F)(F)C(F)(F)C(F)(F)C(F)(F)F. The van der Waals surface area contributed by atoms with Crippen LogP contribution in [0.4, 0.5) is 57.1 Å². The molecule has 0 bridgehead atoms. The van der Waals surface area contributed by atoms with Crippen molar-refractivity contribution in [3.63, 3.8) is 0 Å². The number of carbonyl (C=O) groups is 2. The Morgan fingerprint density at radius 1 is 0.679 bits per heavy atom. The maximum atomic E-state index is 13.7. The summed E-state index contributed by atoms with van der Waals surface area (Å²) < 4.78 is 168. The first-order valence-corrected chi connectivity index (χ1v) is 7.20. The fraction of sp³-hybridized carbons (Fsp3) is 0.846. The smallest absolute Gasteiger partial charge is 0.299 e. The first kappa shape index (κ1) is 24.5. The molecule has 0 saturated heterocycles. The third-order valence-corrected chi connectivity index (χ3v) is 4.11. The number of hydrogen-bond acceptors (Lipinski definition) is 2. The van der Waals surface area contributed by atoms with Crippen LogP contribution in [0.3, 0.4) is 0 Å². The zero-order chi connectivity index (χ0) is 22.6. The summed E-state index contributed by atoms with van der Waals surface area (Å²) in [5.74, 6) is -45.8. The maximum absolute atomic E-state index is 13.7. The van der Waals surface area contributed by atoms with Crippen LogP contribution < -0.4 is 0 Å². The Morgan fingerprint density at radius 2 is 1.11 bits per heavy atom. The second-order valence-corrected chi connectivity index (χ2v) is 6.00. The zero-order valence-corrected chi connectivity index (χ0v) is 13.1. The van der Waals surface area contributed by atoms with Crippen LogP contribution >= 0.6 is 0 Å². The highest BCUT2D eigenvalue weighted by Gasteiger charge is 2.91. The Hall–Kier alpha value is -1.57. The summed E-state index contributed by atoms with van der Waals surface area (Å²) in [4.78, 5) is 22.8. The number of hydrogen-bond donors (Lipinski definition) is 0.